The zero-order valence-electron chi connectivity index (χ0n) is 11.3. The minimum Gasteiger partial charge on any atom is -0.388 e. The first-order valence-electron chi connectivity index (χ1n) is 7.03. The van der Waals surface area contributed by atoms with Crippen molar-refractivity contribution >= 4 is 16.7 Å². The maximum absolute atomic E-state index is 13.7. The molecule has 0 unspecified atom stereocenters. The Morgan fingerprint density at radius 3 is 2.80 bits per heavy atom. The lowest BCUT2D eigenvalue weighted by Crippen LogP contribution is -2.39. The molecule has 106 valence electrons. The Morgan fingerprint density at radius 1 is 1.20 bits per heavy atom. The molecule has 2 aromatic rings. The maximum Gasteiger partial charge on any atom is 0.149 e. The van der Waals surface area contributed by atoms with Crippen molar-refractivity contribution in [3.05, 3.63) is 30.3 Å². The molecule has 4 nitrogen and oxygen atoms in total. The molecule has 1 aliphatic rings. The highest BCUT2D eigenvalue weighted by atomic mass is 19.1. The highest BCUT2D eigenvalue weighted by Gasteiger charge is 2.29. The molecule has 0 aliphatic heterocycles. The Labute approximate surface area is 117 Å². The van der Waals surface area contributed by atoms with Gasteiger partial charge in [0.05, 0.1) is 5.60 Å². The van der Waals surface area contributed by atoms with E-state index in [0.29, 0.717) is 23.3 Å². The van der Waals surface area contributed by atoms with Crippen molar-refractivity contribution < 1.29 is 9.50 Å². The average molecular weight is 275 g/mol. The number of para-hydroxylation sites is 1. The summed E-state index contributed by atoms with van der Waals surface area (Å²) >= 11 is 0. The van der Waals surface area contributed by atoms with Crippen LogP contribution in [0.25, 0.3) is 10.9 Å². The summed E-state index contributed by atoms with van der Waals surface area (Å²) in [5.41, 5.74) is -0.372. The van der Waals surface area contributed by atoms with E-state index in [1.165, 1.54) is 18.8 Å². The second-order valence-corrected chi connectivity index (χ2v) is 5.50. The second kappa shape index (κ2) is 5.32. The Kier molecular flexibility index (Phi) is 3.53. The third kappa shape index (κ3) is 2.58. The van der Waals surface area contributed by atoms with Gasteiger partial charge in [-0.3, -0.25) is 0 Å². The molecular formula is C15H18FN3O. The van der Waals surface area contributed by atoms with Crippen molar-refractivity contribution in [2.45, 2.75) is 37.7 Å². The van der Waals surface area contributed by atoms with Gasteiger partial charge in [-0.2, -0.15) is 0 Å². The minimum absolute atomic E-state index is 0.306. The maximum atomic E-state index is 13.7. The number of anilines is 1. The molecule has 3 rings (SSSR count). The topological polar surface area (TPSA) is 58.0 Å². The number of nitrogens with one attached hydrogen (secondary N) is 1. The molecule has 0 saturated heterocycles. The lowest BCUT2D eigenvalue weighted by molar-refractivity contribution is 0.0167. The van der Waals surface area contributed by atoms with Gasteiger partial charge < -0.3 is 10.4 Å². The number of aliphatic hydroxyl groups is 1. The number of benzene rings is 1. The summed E-state index contributed by atoms with van der Waals surface area (Å²) in [5, 5.41) is 14.3. The van der Waals surface area contributed by atoms with E-state index in [4.69, 9.17) is 0 Å². The second-order valence-electron chi connectivity index (χ2n) is 5.50. The van der Waals surface area contributed by atoms with Crippen molar-refractivity contribution in [3.8, 4) is 0 Å². The van der Waals surface area contributed by atoms with E-state index in [1.807, 2.05) is 0 Å². The fourth-order valence-corrected chi connectivity index (χ4v) is 2.83. The number of rotatable bonds is 3. The molecule has 1 aromatic heterocycles. The SMILES string of the molecule is OC1(CNc2ncnc3c(F)cccc23)CCCCC1. The minimum atomic E-state index is -0.678. The van der Waals surface area contributed by atoms with Gasteiger partial charge in [-0.1, -0.05) is 25.3 Å². The third-order valence-electron chi connectivity index (χ3n) is 3.98. The summed E-state index contributed by atoms with van der Waals surface area (Å²) < 4.78 is 13.7. The fraction of sp³-hybridized carbons (Fsp3) is 0.467. The van der Waals surface area contributed by atoms with Crippen LogP contribution < -0.4 is 5.32 Å². The van der Waals surface area contributed by atoms with Crippen LogP contribution in [0, 0.1) is 5.82 Å². The predicted octanol–water partition coefficient (Wildman–Crippen LogP) is 2.88. The van der Waals surface area contributed by atoms with Crippen LogP contribution in [0.2, 0.25) is 0 Å². The van der Waals surface area contributed by atoms with E-state index in [9.17, 15) is 9.50 Å². The molecule has 0 bridgehead atoms. The third-order valence-corrected chi connectivity index (χ3v) is 3.98. The van der Waals surface area contributed by atoms with Crippen molar-refractivity contribution in [1.29, 1.82) is 0 Å². The number of aromatic nitrogens is 2. The average Bonchev–Trinajstić information content (AvgIpc) is 2.47. The summed E-state index contributed by atoms with van der Waals surface area (Å²) in [7, 11) is 0. The Morgan fingerprint density at radius 2 is 2.00 bits per heavy atom. The van der Waals surface area contributed by atoms with Gasteiger partial charge >= 0.3 is 0 Å². The van der Waals surface area contributed by atoms with E-state index >= 15 is 0 Å². The van der Waals surface area contributed by atoms with E-state index in [1.54, 1.807) is 12.1 Å². The summed E-state index contributed by atoms with van der Waals surface area (Å²) in [5.74, 6) is 0.220. The monoisotopic (exact) mass is 275 g/mol. The normalized spacial score (nSPS) is 18.1. The van der Waals surface area contributed by atoms with Gasteiger partial charge in [-0.05, 0) is 25.0 Å². The lowest BCUT2D eigenvalue weighted by atomic mass is 9.85. The largest absolute Gasteiger partial charge is 0.388 e. The zero-order chi connectivity index (χ0) is 14.0. The van der Waals surface area contributed by atoms with Crippen molar-refractivity contribution in [1.82, 2.24) is 9.97 Å². The molecular weight excluding hydrogens is 257 g/mol. The lowest BCUT2D eigenvalue weighted by Gasteiger charge is -2.32. The highest BCUT2D eigenvalue weighted by Crippen LogP contribution is 2.29. The van der Waals surface area contributed by atoms with Crippen molar-refractivity contribution in [2.75, 3.05) is 11.9 Å². The molecule has 1 aliphatic carbocycles. The number of hydrogen-bond donors (Lipinski definition) is 2. The van der Waals surface area contributed by atoms with Crippen molar-refractivity contribution in [2.24, 2.45) is 0 Å². The van der Waals surface area contributed by atoms with Crippen LogP contribution in [-0.4, -0.2) is 27.2 Å². The van der Waals surface area contributed by atoms with E-state index in [-0.39, 0.29) is 5.82 Å². The van der Waals surface area contributed by atoms with Gasteiger partial charge in [-0.25, -0.2) is 14.4 Å². The van der Waals surface area contributed by atoms with Crippen LogP contribution in [0.15, 0.2) is 24.5 Å². The van der Waals surface area contributed by atoms with E-state index in [2.05, 4.69) is 15.3 Å². The summed E-state index contributed by atoms with van der Waals surface area (Å²) in [6.07, 6.45) is 6.24. The Bertz CT molecular complexity index is 611. The molecule has 0 radical (unpaired) electrons. The number of halogens is 1. The van der Waals surface area contributed by atoms with Gasteiger partial charge in [0.2, 0.25) is 0 Å². The summed E-state index contributed by atoms with van der Waals surface area (Å²) in [6.45, 7) is 0.440. The molecule has 1 fully saturated rings. The van der Waals surface area contributed by atoms with Crippen molar-refractivity contribution in [3.63, 3.8) is 0 Å². The Balaban J connectivity index is 1.82. The van der Waals surface area contributed by atoms with Crippen LogP contribution in [0.1, 0.15) is 32.1 Å². The number of nitrogens with zero attached hydrogens (tertiary/aromatic N) is 2. The summed E-state index contributed by atoms with van der Waals surface area (Å²) in [6, 6.07) is 4.81. The van der Waals surface area contributed by atoms with Gasteiger partial charge in [0.1, 0.15) is 23.5 Å². The van der Waals surface area contributed by atoms with Crippen LogP contribution >= 0.6 is 0 Å². The quantitative estimate of drug-likeness (QED) is 0.904. The molecule has 1 aromatic carbocycles. The van der Waals surface area contributed by atoms with Crippen LogP contribution in [0.3, 0.4) is 0 Å². The fourth-order valence-electron chi connectivity index (χ4n) is 2.83. The van der Waals surface area contributed by atoms with Crippen LogP contribution in [-0.2, 0) is 0 Å². The number of hydrogen-bond acceptors (Lipinski definition) is 4. The highest BCUT2D eigenvalue weighted by molar-refractivity contribution is 5.89. The zero-order valence-corrected chi connectivity index (χ0v) is 11.3. The van der Waals surface area contributed by atoms with Gasteiger partial charge in [0.25, 0.3) is 0 Å². The van der Waals surface area contributed by atoms with E-state index in [0.717, 1.165) is 25.7 Å². The van der Waals surface area contributed by atoms with Gasteiger partial charge in [0.15, 0.2) is 0 Å². The van der Waals surface area contributed by atoms with E-state index < -0.39 is 5.60 Å². The van der Waals surface area contributed by atoms with Crippen LogP contribution in [0.5, 0.6) is 0 Å². The molecule has 5 heteroatoms. The van der Waals surface area contributed by atoms with Crippen LogP contribution in [0.4, 0.5) is 10.2 Å². The first kappa shape index (κ1) is 13.2. The number of fused-ring (bicyclic) bond motifs is 1. The molecule has 0 spiro atoms. The molecule has 0 atom stereocenters. The molecule has 20 heavy (non-hydrogen) atoms. The first-order valence-corrected chi connectivity index (χ1v) is 7.03. The van der Waals surface area contributed by atoms with Gasteiger partial charge in [0, 0.05) is 11.9 Å². The molecule has 1 heterocycles. The summed E-state index contributed by atoms with van der Waals surface area (Å²) in [4.78, 5) is 8.13. The molecule has 2 N–H and O–H groups in total. The smallest absolute Gasteiger partial charge is 0.149 e. The van der Waals surface area contributed by atoms with Gasteiger partial charge in [-0.15, -0.1) is 0 Å². The molecule has 1 saturated carbocycles. The molecule has 0 amide bonds. The Hall–Kier alpha value is -1.75. The predicted molar refractivity (Wildman–Crippen MR) is 76.0 cm³/mol. The first-order chi connectivity index (χ1) is 9.68. The standard InChI is InChI=1S/C15H18FN3O/c16-12-6-4-5-11-13(12)18-10-19-14(11)17-9-15(20)7-2-1-3-8-15/h4-6,10,20H,1-3,7-9H2,(H,17,18,19).